The minimum absolute atomic E-state index is 0.140. The van der Waals surface area contributed by atoms with E-state index in [4.69, 9.17) is 11.5 Å². The fraction of sp³-hybridized carbons (Fsp3) is 0.167. The number of benzene rings is 1. The highest BCUT2D eigenvalue weighted by molar-refractivity contribution is 5.75. The number of nitrogens with one attached hydrogen (secondary N) is 1. The van der Waals surface area contributed by atoms with E-state index in [2.05, 4.69) is 12.2 Å². The summed E-state index contributed by atoms with van der Waals surface area (Å²) in [5.41, 5.74) is 15.8. The van der Waals surface area contributed by atoms with Gasteiger partial charge in [-0.25, -0.2) is 0 Å². The molecule has 1 unspecified atom stereocenters. The summed E-state index contributed by atoms with van der Waals surface area (Å²) in [4.78, 5) is 0. The largest absolute Gasteiger partial charge is 0.399 e. The van der Waals surface area contributed by atoms with E-state index in [0.717, 1.165) is 16.8 Å². The van der Waals surface area contributed by atoms with E-state index in [9.17, 15) is 0 Å². The molecule has 0 saturated carbocycles. The summed E-state index contributed by atoms with van der Waals surface area (Å²) in [5, 5.41) is 3.08. The first-order valence-electron chi connectivity index (χ1n) is 4.93. The molecule has 0 saturated heterocycles. The SMILES string of the molecule is CC1=C(c2ccc(N)cc2)C(N)NC=C1. The topological polar surface area (TPSA) is 64.1 Å². The molecule has 0 aromatic heterocycles. The molecule has 5 N–H and O–H groups in total. The fourth-order valence-electron chi connectivity index (χ4n) is 1.77. The number of dihydropyridines is 1. The van der Waals surface area contributed by atoms with Crippen molar-refractivity contribution < 1.29 is 0 Å². The van der Waals surface area contributed by atoms with Crippen molar-refractivity contribution in [2.45, 2.75) is 13.1 Å². The van der Waals surface area contributed by atoms with Gasteiger partial charge in [0.05, 0.1) is 0 Å². The molecule has 1 aromatic carbocycles. The van der Waals surface area contributed by atoms with Gasteiger partial charge in [-0.3, -0.25) is 0 Å². The van der Waals surface area contributed by atoms with Gasteiger partial charge in [0.2, 0.25) is 0 Å². The van der Waals surface area contributed by atoms with E-state index in [0.29, 0.717) is 0 Å². The Morgan fingerprint density at radius 1 is 1.20 bits per heavy atom. The van der Waals surface area contributed by atoms with Gasteiger partial charge in [-0.1, -0.05) is 12.1 Å². The smallest absolute Gasteiger partial charge is 0.101 e. The van der Waals surface area contributed by atoms with Crippen LogP contribution < -0.4 is 16.8 Å². The van der Waals surface area contributed by atoms with Crippen LogP contribution in [0, 0.1) is 0 Å². The molecule has 1 aliphatic heterocycles. The maximum Gasteiger partial charge on any atom is 0.101 e. The van der Waals surface area contributed by atoms with Gasteiger partial charge in [-0.2, -0.15) is 0 Å². The quantitative estimate of drug-likeness (QED) is 0.602. The first-order chi connectivity index (χ1) is 7.18. The predicted molar refractivity (Wildman–Crippen MR) is 63.7 cm³/mol. The van der Waals surface area contributed by atoms with Gasteiger partial charge in [-0.05, 0) is 48.0 Å². The van der Waals surface area contributed by atoms with Crippen LogP contribution in [0.3, 0.4) is 0 Å². The Balaban J connectivity index is 2.45. The van der Waals surface area contributed by atoms with E-state index in [1.54, 1.807) is 0 Å². The van der Waals surface area contributed by atoms with Gasteiger partial charge in [-0.15, -0.1) is 0 Å². The second-order valence-corrected chi connectivity index (χ2v) is 3.70. The normalized spacial score (nSPS) is 20.3. The molecule has 1 atom stereocenters. The summed E-state index contributed by atoms with van der Waals surface area (Å²) in [5.74, 6) is 0. The summed E-state index contributed by atoms with van der Waals surface area (Å²) < 4.78 is 0. The third-order valence-electron chi connectivity index (χ3n) is 2.57. The fourth-order valence-corrected chi connectivity index (χ4v) is 1.77. The van der Waals surface area contributed by atoms with Crippen molar-refractivity contribution in [1.82, 2.24) is 5.32 Å². The molecule has 15 heavy (non-hydrogen) atoms. The van der Waals surface area contributed by atoms with Crippen LogP contribution >= 0.6 is 0 Å². The summed E-state index contributed by atoms with van der Waals surface area (Å²) in [6, 6.07) is 7.77. The zero-order valence-electron chi connectivity index (χ0n) is 8.70. The van der Waals surface area contributed by atoms with E-state index in [-0.39, 0.29) is 6.17 Å². The van der Waals surface area contributed by atoms with Crippen LogP contribution in [0.2, 0.25) is 0 Å². The molecule has 3 heteroatoms. The Morgan fingerprint density at radius 3 is 2.47 bits per heavy atom. The average molecular weight is 201 g/mol. The van der Waals surface area contributed by atoms with Gasteiger partial charge in [0, 0.05) is 5.69 Å². The lowest BCUT2D eigenvalue weighted by molar-refractivity contribution is 0.739. The number of rotatable bonds is 1. The predicted octanol–water partition coefficient (Wildman–Crippen LogP) is 1.44. The van der Waals surface area contributed by atoms with Gasteiger partial charge >= 0.3 is 0 Å². The number of nitrogen functional groups attached to an aromatic ring is 1. The van der Waals surface area contributed by atoms with E-state index in [1.165, 1.54) is 5.57 Å². The van der Waals surface area contributed by atoms with Crippen molar-refractivity contribution >= 4 is 11.3 Å². The molecule has 0 aliphatic carbocycles. The average Bonchev–Trinajstić information content (AvgIpc) is 2.20. The van der Waals surface area contributed by atoms with Gasteiger partial charge in [0.25, 0.3) is 0 Å². The lowest BCUT2D eigenvalue weighted by atomic mass is 9.96. The Kier molecular flexibility index (Phi) is 2.47. The van der Waals surface area contributed by atoms with E-state index >= 15 is 0 Å². The molecule has 0 fully saturated rings. The van der Waals surface area contributed by atoms with Crippen molar-refractivity contribution in [3.63, 3.8) is 0 Å². The molecule has 78 valence electrons. The first-order valence-corrected chi connectivity index (χ1v) is 4.93. The molecule has 0 spiro atoms. The maximum atomic E-state index is 5.99. The molecular formula is C12H15N3. The van der Waals surface area contributed by atoms with Crippen LogP contribution in [0.4, 0.5) is 5.69 Å². The second-order valence-electron chi connectivity index (χ2n) is 3.70. The lowest BCUT2D eigenvalue weighted by Gasteiger charge is -2.22. The molecule has 3 nitrogen and oxygen atoms in total. The Hall–Kier alpha value is -1.74. The van der Waals surface area contributed by atoms with Crippen LogP contribution in [0.5, 0.6) is 0 Å². The Labute approximate surface area is 89.5 Å². The van der Waals surface area contributed by atoms with Crippen LogP contribution in [0.1, 0.15) is 12.5 Å². The summed E-state index contributed by atoms with van der Waals surface area (Å²) in [6.07, 6.45) is 3.76. The number of nitrogens with two attached hydrogens (primary N) is 2. The van der Waals surface area contributed by atoms with Gasteiger partial charge in [0.15, 0.2) is 0 Å². The molecule has 1 heterocycles. The van der Waals surface area contributed by atoms with Crippen molar-refractivity contribution in [1.29, 1.82) is 0 Å². The van der Waals surface area contributed by atoms with Crippen LogP contribution in [0.15, 0.2) is 42.1 Å². The third kappa shape index (κ3) is 1.87. The third-order valence-corrected chi connectivity index (χ3v) is 2.57. The summed E-state index contributed by atoms with van der Waals surface area (Å²) >= 11 is 0. The van der Waals surface area contributed by atoms with Crippen molar-refractivity contribution in [3.8, 4) is 0 Å². The number of allylic oxidation sites excluding steroid dienone is 2. The molecule has 2 rings (SSSR count). The molecule has 1 aromatic rings. The Morgan fingerprint density at radius 2 is 1.87 bits per heavy atom. The van der Waals surface area contributed by atoms with Crippen LogP contribution in [0.25, 0.3) is 5.57 Å². The van der Waals surface area contributed by atoms with Crippen LogP contribution in [-0.4, -0.2) is 6.17 Å². The summed E-state index contributed by atoms with van der Waals surface area (Å²) in [6.45, 7) is 2.06. The van der Waals surface area contributed by atoms with Crippen LogP contribution in [-0.2, 0) is 0 Å². The highest BCUT2D eigenvalue weighted by Gasteiger charge is 2.14. The standard InChI is InChI=1S/C12H15N3/c1-8-6-7-15-12(14)11(8)9-2-4-10(13)5-3-9/h2-7,12,15H,13-14H2,1H3. The lowest BCUT2D eigenvalue weighted by Crippen LogP contribution is -2.37. The number of anilines is 1. The zero-order valence-corrected chi connectivity index (χ0v) is 8.70. The minimum Gasteiger partial charge on any atom is -0.399 e. The van der Waals surface area contributed by atoms with E-state index < -0.39 is 0 Å². The van der Waals surface area contributed by atoms with Crippen molar-refractivity contribution in [2.24, 2.45) is 5.73 Å². The van der Waals surface area contributed by atoms with Gasteiger partial charge in [0.1, 0.15) is 6.17 Å². The van der Waals surface area contributed by atoms with Crippen molar-refractivity contribution in [2.75, 3.05) is 5.73 Å². The first kappa shape index (κ1) is 9.80. The zero-order chi connectivity index (χ0) is 10.8. The molecule has 0 radical (unpaired) electrons. The molecular weight excluding hydrogens is 186 g/mol. The summed E-state index contributed by atoms with van der Waals surface area (Å²) in [7, 11) is 0. The monoisotopic (exact) mass is 201 g/mol. The Bertz CT molecular complexity index is 415. The number of hydrogen-bond donors (Lipinski definition) is 3. The maximum absolute atomic E-state index is 5.99. The van der Waals surface area contributed by atoms with E-state index in [1.807, 2.05) is 36.5 Å². The second kappa shape index (κ2) is 3.79. The molecule has 1 aliphatic rings. The highest BCUT2D eigenvalue weighted by atomic mass is 15.0. The van der Waals surface area contributed by atoms with Crippen molar-refractivity contribution in [3.05, 3.63) is 47.7 Å². The molecule has 0 amide bonds. The molecule has 0 bridgehead atoms. The van der Waals surface area contributed by atoms with Gasteiger partial charge < -0.3 is 16.8 Å². The highest BCUT2D eigenvalue weighted by Crippen LogP contribution is 2.24. The number of hydrogen-bond acceptors (Lipinski definition) is 3. The minimum atomic E-state index is -0.140.